The number of benzene rings is 2. The first-order valence-corrected chi connectivity index (χ1v) is 19.1. The van der Waals surface area contributed by atoms with E-state index in [2.05, 4.69) is 0 Å². The number of alkyl halides is 2. The van der Waals surface area contributed by atoms with Crippen molar-refractivity contribution in [1.82, 2.24) is 9.13 Å². The van der Waals surface area contributed by atoms with E-state index in [1.54, 1.807) is 9.80 Å². The van der Waals surface area contributed by atoms with Gasteiger partial charge >= 0.3 is 11.9 Å². The number of halogens is 6. The normalized spacial score (nSPS) is 26.2. The summed E-state index contributed by atoms with van der Waals surface area (Å²) >= 11 is 13.1. The van der Waals surface area contributed by atoms with E-state index in [-0.39, 0.29) is 95.4 Å². The fourth-order valence-electron chi connectivity index (χ4n) is 8.86. The Bertz CT molecular complexity index is 2380. The topological polar surface area (TPSA) is 272 Å². The van der Waals surface area contributed by atoms with Gasteiger partial charge in [-0.05, 0) is 37.8 Å². The summed E-state index contributed by atoms with van der Waals surface area (Å²) in [5.74, 6) is -4.31. The lowest BCUT2D eigenvalue weighted by Crippen LogP contribution is -2.30. The molecule has 2 aromatic heterocycles. The number of carbonyl (C=O) groups is 2. The van der Waals surface area contributed by atoms with Crippen LogP contribution in [0.1, 0.15) is 71.3 Å². The first kappa shape index (κ1) is 44.1. The summed E-state index contributed by atoms with van der Waals surface area (Å²) in [6, 6.07) is 0.616. The fourth-order valence-corrected chi connectivity index (χ4v) is 9.67. The molecular weight excluding hydrogens is 831 g/mol. The van der Waals surface area contributed by atoms with Crippen molar-refractivity contribution in [2.75, 3.05) is 36.0 Å². The molecule has 320 valence electrons. The maximum absolute atomic E-state index is 15.0. The fraction of sp³-hybridized carbons (Fsp3) is 0.474. The Morgan fingerprint density at radius 3 is 1.25 bits per heavy atom. The molecular formula is C38H42Cl2F4N6O9. The molecule has 4 heterocycles. The minimum absolute atomic E-state index is 0. The summed E-state index contributed by atoms with van der Waals surface area (Å²) in [4.78, 5) is 51.7. The van der Waals surface area contributed by atoms with Crippen molar-refractivity contribution >= 4 is 68.3 Å². The van der Waals surface area contributed by atoms with Crippen molar-refractivity contribution in [3.63, 3.8) is 0 Å². The van der Waals surface area contributed by atoms with Crippen molar-refractivity contribution in [1.29, 1.82) is 0 Å². The monoisotopic (exact) mass is 872 g/mol. The molecule has 2 aliphatic heterocycles. The quantitative estimate of drug-likeness (QED) is 0.206. The number of carboxylic acid groups (broad SMARTS) is 2. The zero-order valence-corrected chi connectivity index (χ0v) is 32.6. The molecule has 21 heteroatoms. The van der Waals surface area contributed by atoms with Gasteiger partial charge in [0.05, 0.1) is 55.3 Å². The molecule has 0 amide bonds. The van der Waals surface area contributed by atoms with Crippen LogP contribution >= 0.6 is 23.2 Å². The molecule has 10 rings (SSSR count). The second-order valence-electron chi connectivity index (χ2n) is 16.3. The van der Waals surface area contributed by atoms with Crippen molar-refractivity contribution in [3.8, 4) is 0 Å². The van der Waals surface area contributed by atoms with Crippen LogP contribution in [0.25, 0.3) is 21.8 Å². The standard InChI is InChI=1S/2C19H18ClF2N3O3.3H2O/c2*20-14-15-8(17(26)9(18(27)28)5-25(15)12-4-10(12)21)3-11(22)16(14)24-6-13(23)19(7-24)1-2-19;;;/h2*3,5,10,12-13H,1-2,4,6-7,23H2,(H,27,28);3*1H2. The summed E-state index contributed by atoms with van der Waals surface area (Å²) in [6.07, 6.45) is 4.22. The SMILES string of the molecule is NC1CN(c2c(F)cc3c(=O)c(C(=O)O)cn(C4CC4F)c3c2Cl)CC12CC2.NC1CN(c2c(F)cc3c(=O)c(C(=O)O)cn(C4CC4F)c3c2Cl)CC12CC2.O.O.O. The molecule has 4 aromatic rings. The maximum Gasteiger partial charge on any atom is 0.341 e. The molecule has 6 unspecified atom stereocenters. The van der Waals surface area contributed by atoms with Gasteiger partial charge in [-0.25, -0.2) is 27.2 Å². The van der Waals surface area contributed by atoms with Crippen LogP contribution in [0.5, 0.6) is 0 Å². The molecule has 4 saturated carbocycles. The van der Waals surface area contributed by atoms with Crippen LogP contribution in [-0.4, -0.2) is 98.3 Å². The Balaban J connectivity index is 0.000000189. The van der Waals surface area contributed by atoms with Gasteiger partial charge in [-0.2, -0.15) is 0 Å². The van der Waals surface area contributed by atoms with Crippen LogP contribution < -0.4 is 32.1 Å². The number of hydrogen-bond donors (Lipinski definition) is 4. The van der Waals surface area contributed by atoms with E-state index in [0.717, 1.165) is 50.2 Å². The third-order valence-electron chi connectivity index (χ3n) is 12.7. The van der Waals surface area contributed by atoms with Gasteiger partial charge in [-0.3, -0.25) is 9.59 Å². The van der Waals surface area contributed by atoms with E-state index in [1.807, 2.05) is 0 Å². The number of anilines is 2. The molecule has 2 aromatic carbocycles. The van der Waals surface area contributed by atoms with Crippen LogP contribution in [0, 0.1) is 22.5 Å². The van der Waals surface area contributed by atoms with E-state index in [4.69, 9.17) is 34.7 Å². The van der Waals surface area contributed by atoms with Crippen LogP contribution in [0.4, 0.5) is 28.9 Å². The number of nitrogens with two attached hydrogens (primary N) is 2. The molecule has 4 aliphatic carbocycles. The van der Waals surface area contributed by atoms with Crippen LogP contribution in [0.15, 0.2) is 34.1 Å². The number of nitrogens with zero attached hydrogens (tertiary/aromatic N) is 4. The van der Waals surface area contributed by atoms with Crippen LogP contribution in [0.2, 0.25) is 10.0 Å². The lowest BCUT2D eigenvalue weighted by Gasteiger charge is -2.23. The Kier molecular flexibility index (Phi) is 11.1. The molecule has 0 radical (unpaired) electrons. The lowest BCUT2D eigenvalue weighted by atomic mass is 10.0. The van der Waals surface area contributed by atoms with Crippen LogP contribution in [0.3, 0.4) is 0 Å². The highest BCUT2D eigenvalue weighted by Gasteiger charge is 2.55. The van der Waals surface area contributed by atoms with Crippen molar-refractivity contribution < 1.29 is 53.8 Å². The van der Waals surface area contributed by atoms with Gasteiger partial charge in [0, 0.05) is 74.3 Å². The number of aromatic nitrogens is 2. The number of rotatable bonds is 6. The summed E-state index contributed by atoms with van der Waals surface area (Å²) in [6.45, 7) is 2.02. The van der Waals surface area contributed by atoms with Gasteiger partial charge in [-0.1, -0.05) is 23.2 Å². The average Bonchev–Trinajstić information content (AvgIpc) is 3.98. The smallest absolute Gasteiger partial charge is 0.341 e. The van der Waals surface area contributed by atoms with Gasteiger partial charge in [0.15, 0.2) is 0 Å². The Morgan fingerprint density at radius 2 is 1.00 bits per heavy atom. The zero-order valence-electron chi connectivity index (χ0n) is 31.1. The largest absolute Gasteiger partial charge is 0.477 e. The van der Waals surface area contributed by atoms with E-state index >= 15 is 8.78 Å². The maximum atomic E-state index is 15.0. The Labute approximate surface area is 341 Å². The minimum atomic E-state index is -1.45. The number of aromatic carboxylic acids is 2. The van der Waals surface area contributed by atoms with E-state index in [0.29, 0.717) is 26.2 Å². The molecule has 15 nitrogen and oxygen atoms in total. The van der Waals surface area contributed by atoms with E-state index < -0.39 is 70.0 Å². The number of pyridine rings is 2. The molecule has 6 atom stereocenters. The van der Waals surface area contributed by atoms with Crippen molar-refractivity contribution in [2.24, 2.45) is 22.3 Å². The van der Waals surface area contributed by atoms with Gasteiger partial charge < -0.3 is 57.0 Å². The molecule has 2 saturated heterocycles. The zero-order chi connectivity index (χ0) is 39.9. The average molecular weight is 874 g/mol. The van der Waals surface area contributed by atoms with Crippen molar-refractivity contribution in [3.05, 3.63) is 77.8 Å². The number of hydrogen-bond acceptors (Lipinski definition) is 8. The van der Waals surface area contributed by atoms with Crippen molar-refractivity contribution in [2.45, 2.75) is 75.0 Å². The van der Waals surface area contributed by atoms with Crippen LogP contribution in [-0.2, 0) is 0 Å². The lowest BCUT2D eigenvalue weighted by molar-refractivity contribution is 0.0684. The van der Waals surface area contributed by atoms with Gasteiger partial charge in [0.1, 0.15) is 35.1 Å². The highest BCUT2D eigenvalue weighted by Crippen LogP contribution is 2.55. The summed E-state index contributed by atoms with van der Waals surface area (Å²) in [7, 11) is 0. The minimum Gasteiger partial charge on any atom is -0.477 e. The summed E-state index contributed by atoms with van der Waals surface area (Å²) in [5.41, 5.74) is 10.3. The predicted molar refractivity (Wildman–Crippen MR) is 212 cm³/mol. The second kappa shape index (κ2) is 14.9. The molecule has 0 bridgehead atoms. The second-order valence-corrected chi connectivity index (χ2v) is 17.1. The van der Waals surface area contributed by atoms with E-state index in [1.165, 1.54) is 9.13 Å². The summed E-state index contributed by atoms with van der Waals surface area (Å²) in [5, 5.41) is 18.3. The highest BCUT2D eigenvalue weighted by atomic mass is 35.5. The number of carboxylic acids is 2. The van der Waals surface area contributed by atoms with Gasteiger partial charge in [0.25, 0.3) is 0 Å². The molecule has 12 N–H and O–H groups in total. The first-order chi connectivity index (χ1) is 26.5. The molecule has 6 aliphatic rings. The highest BCUT2D eigenvalue weighted by molar-refractivity contribution is 6.38. The Hall–Kier alpha value is -4.50. The first-order valence-electron chi connectivity index (χ1n) is 18.4. The third-order valence-corrected chi connectivity index (χ3v) is 13.5. The molecule has 2 spiro atoms. The molecule has 6 fully saturated rings. The number of fused-ring (bicyclic) bond motifs is 2. The van der Waals surface area contributed by atoms with Gasteiger partial charge in [-0.15, -0.1) is 0 Å². The Morgan fingerprint density at radius 1 is 0.678 bits per heavy atom. The third kappa shape index (κ3) is 6.89. The van der Waals surface area contributed by atoms with Gasteiger partial charge in [0.2, 0.25) is 10.9 Å². The predicted octanol–water partition coefficient (Wildman–Crippen LogP) is 2.93. The molecule has 59 heavy (non-hydrogen) atoms. The summed E-state index contributed by atoms with van der Waals surface area (Å²) < 4.78 is 60.4. The van der Waals surface area contributed by atoms with E-state index in [9.17, 15) is 38.2 Å².